The Bertz CT molecular complexity index is 838. The minimum Gasteiger partial charge on any atom is -0.350 e. The van der Waals surface area contributed by atoms with E-state index in [1.54, 1.807) is 31.2 Å². The van der Waals surface area contributed by atoms with Gasteiger partial charge in [-0.3, -0.25) is 9.59 Å². The third-order valence-electron chi connectivity index (χ3n) is 4.88. The number of nitrogens with two attached hydrogens (primary N) is 1. The zero-order valence-electron chi connectivity index (χ0n) is 16.3. The van der Waals surface area contributed by atoms with Crippen molar-refractivity contribution in [1.29, 1.82) is 0 Å². The fourth-order valence-electron chi connectivity index (χ4n) is 2.59. The van der Waals surface area contributed by atoms with Gasteiger partial charge in [0, 0.05) is 23.3 Å². The Labute approximate surface area is 171 Å². The van der Waals surface area contributed by atoms with Crippen molar-refractivity contribution < 1.29 is 14.0 Å². The average Bonchev–Trinajstić information content (AvgIpc) is 2.67. The largest absolute Gasteiger partial charge is 0.350 e. The lowest BCUT2D eigenvalue weighted by Gasteiger charge is -2.26. The average molecular weight is 408 g/mol. The number of aryl methyl sites for hydroxylation is 1. The van der Waals surface area contributed by atoms with Crippen molar-refractivity contribution in [2.24, 2.45) is 5.73 Å². The Kier molecular flexibility index (Phi) is 8.60. The second-order valence-corrected chi connectivity index (χ2v) is 6.72. The van der Waals surface area contributed by atoms with Crippen LogP contribution in [-0.2, 0) is 0 Å². The molecule has 0 heterocycles. The Hall–Kier alpha value is -2.44. The minimum absolute atomic E-state index is 0. The second-order valence-electron chi connectivity index (χ2n) is 6.72. The predicted octanol–water partition coefficient (Wildman–Crippen LogP) is 4.06. The number of rotatable bonds is 7. The van der Waals surface area contributed by atoms with Crippen molar-refractivity contribution in [2.45, 2.75) is 39.2 Å². The maximum Gasteiger partial charge on any atom is 0.258 e. The van der Waals surface area contributed by atoms with Crippen LogP contribution in [-0.4, -0.2) is 23.9 Å². The molecule has 0 fully saturated rings. The van der Waals surface area contributed by atoms with E-state index >= 15 is 0 Å². The summed E-state index contributed by atoms with van der Waals surface area (Å²) >= 11 is 0. The third kappa shape index (κ3) is 5.78. The zero-order valence-corrected chi connectivity index (χ0v) is 17.2. The predicted molar refractivity (Wildman–Crippen MR) is 113 cm³/mol. The smallest absolute Gasteiger partial charge is 0.258 e. The molecule has 0 radical (unpaired) electrons. The van der Waals surface area contributed by atoms with E-state index < -0.39 is 17.3 Å². The first-order valence-electron chi connectivity index (χ1n) is 9.03. The third-order valence-corrected chi connectivity index (χ3v) is 4.88. The van der Waals surface area contributed by atoms with Crippen LogP contribution >= 0.6 is 12.4 Å². The van der Waals surface area contributed by atoms with Crippen molar-refractivity contribution in [1.82, 2.24) is 5.32 Å². The van der Waals surface area contributed by atoms with Gasteiger partial charge in [0.15, 0.2) is 0 Å². The lowest BCUT2D eigenvalue weighted by atomic mass is 9.94. The molecule has 0 aliphatic carbocycles. The monoisotopic (exact) mass is 407 g/mol. The number of carbonyl (C=O) groups excluding carboxylic acids is 2. The molecule has 0 aliphatic rings. The molecule has 0 atom stereocenters. The van der Waals surface area contributed by atoms with Crippen molar-refractivity contribution in [3.05, 3.63) is 65.0 Å². The number of carbonyl (C=O) groups is 2. The molecule has 2 amide bonds. The van der Waals surface area contributed by atoms with E-state index in [1.807, 2.05) is 13.8 Å². The topological polar surface area (TPSA) is 84.2 Å². The second kappa shape index (κ2) is 10.2. The zero-order chi connectivity index (χ0) is 20.0. The summed E-state index contributed by atoms with van der Waals surface area (Å²) in [5, 5.41) is 5.52. The summed E-state index contributed by atoms with van der Waals surface area (Å²) < 4.78 is 13.8. The highest BCUT2D eigenvalue weighted by Crippen LogP contribution is 2.19. The highest BCUT2D eigenvalue weighted by atomic mass is 35.5. The van der Waals surface area contributed by atoms with E-state index in [2.05, 4.69) is 10.6 Å². The molecule has 2 aromatic rings. The van der Waals surface area contributed by atoms with Crippen LogP contribution < -0.4 is 16.4 Å². The molecule has 152 valence electrons. The molecule has 0 unspecified atom stereocenters. The number of halogens is 2. The van der Waals surface area contributed by atoms with Gasteiger partial charge in [-0.1, -0.05) is 32.0 Å². The van der Waals surface area contributed by atoms with E-state index in [-0.39, 0.29) is 23.9 Å². The molecule has 2 aromatic carbocycles. The van der Waals surface area contributed by atoms with E-state index in [0.717, 1.165) is 18.4 Å². The first kappa shape index (κ1) is 23.6. The van der Waals surface area contributed by atoms with Crippen LogP contribution in [0, 0.1) is 12.7 Å². The van der Waals surface area contributed by atoms with Crippen molar-refractivity contribution in [2.75, 3.05) is 11.9 Å². The normalized spacial score (nSPS) is 10.8. The molecule has 0 saturated carbocycles. The maximum atomic E-state index is 13.8. The summed E-state index contributed by atoms with van der Waals surface area (Å²) in [6.07, 6.45) is 1.50. The summed E-state index contributed by atoms with van der Waals surface area (Å²) in [7, 11) is 0. The highest BCUT2D eigenvalue weighted by Gasteiger charge is 2.21. The number of anilines is 1. The molecule has 28 heavy (non-hydrogen) atoms. The van der Waals surface area contributed by atoms with Gasteiger partial charge < -0.3 is 16.4 Å². The molecular weight excluding hydrogens is 381 g/mol. The van der Waals surface area contributed by atoms with Gasteiger partial charge in [-0.2, -0.15) is 0 Å². The van der Waals surface area contributed by atoms with Gasteiger partial charge >= 0.3 is 0 Å². The molecule has 0 aliphatic heterocycles. The molecule has 4 N–H and O–H groups in total. The molecule has 0 saturated heterocycles. The van der Waals surface area contributed by atoms with Crippen LogP contribution in [0.25, 0.3) is 0 Å². The standard InChI is InChI=1S/C21H26FN3O2.ClH/c1-4-21(23,5-2)13-24-19(26)15-11-10-14(3)18(12-15)25-20(27)16-8-6-7-9-17(16)22;/h6-12H,4-5,13,23H2,1-3H3,(H,24,26)(H,25,27);1H. The number of benzene rings is 2. The first-order chi connectivity index (χ1) is 12.8. The maximum absolute atomic E-state index is 13.8. The summed E-state index contributed by atoms with van der Waals surface area (Å²) in [6, 6.07) is 10.8. The summed E-state index contributed by atoms with van der Waals surface area (Å²) in [6.45, 7) is 6.14. The number of hydrogen-bond acceptors (Lipinski definition) is 3. The van der Waals surface area contributed by atoms with Gasteiger partial charge in [0.05, 0.1) is 5.56 Å². The van der Waals surface area contributed by atoms with Crippen LogP contribution in [0.1, 0.15) is 53.0 Å². The quantitative estimate of drug-likeness (QED) is 0.647. The fourth-order valence-corrected chi connectivity index (χ4v) is 2.59. The van der Waals surface area contributed by atoms with Gasteiger partial charge in [-0.05, 0) is 49.6 Å². The van der Waals surface area contributed by atoms with Crippen LogP contribution in [0.3, 0.4) is 0 Å². The van der Waals surface area contributed by atoms with E-state index in [4.69, 9.17) is 5.73 Å². The summed E-state index contributed by atoms with van der Waals surface area (Å²) in [5.41, 5.74) is 7.35. The minimum atomic E-state index is -0.597. The lowest BCUT2D eigenvalue weighted by molar-refractivity contribution is 0.0941. The molecule has 0 aromatic heterocycles. The molecule has 7 heteroatoms. The first-order valence-corrected chi connectivity index (χ1v) is 9.03. The lowest BCUT2D eigenvalue weighted by Crippen LogP contribution is -2.49. The van der Waals surface area contributed by atoms with E-state index in [0.29, 0.717) is 17.8 Å². The molecule has 5 nitrogen and oxygen atoms in total. The summed E-state index contributed by atoms with van der Waals surface area (Å²) in [5.74, 6) is -1.43. The van der Waals surface area contributed by atoms with Gasteiger partial charge in [0.2, 0.25) is 0 Å². The molecule has 2 rings (SSSR count). The van der Waals surface area contributed by atoms with Crippen molar-refractivity contribution in [3.63, 3.8) is 0 Å². The number of hydrogen-bond donors (Lipinski definition) is 3. The Morgan fingerprint density at radius 3 is 2.32 bits per heavy atom. The molecule has 0 bridgehead atoms. The summed E-state index contributed by atoms with van der Waals surface area (Å²) in [4.78, 5) is 24.8. The van der Waals surface area contributed by atoms with Gasteiger partial charge in [0.1, 0.15) is 5.82 Å². The van der Waals surface area contributed by atoms with Gasteiger partial charge in [-0.25, -0.2) is 4.39 Å². The van der Waals surface area contributed by atoms with Crippen LogP contribution in [0.4, 0.5) is 10.1 Å². The fraction of sp³-hybridized carbons (Fsp3) is 0.333. The van der Waals surface area contributed by atoms with Gasteiger partial charge in [0.25, 0.3) is 11.8 Å². The molecule has 0 spiro atoms. The van der Waals surface area contributed by atoms with Crippen LogP contribution in [0.5, 0.6) is 0 Å². The van der Waals surface area contributed by atoms with E-state index in [9.17, 15) is 14.0 Å². The highest BCUT2D eigenvalue weighted by molar-refractivity contribution is 6.05. The van der Waals surface area contributed by atoms with E-state index in [1.165, 1.54) is 18.2 Å². The number of nitrogens with one attached hydrogen (secondary N) is 2. The molecular formula is C21H27ClFN3O2. The Morgan fingerprint density at radius 2 is 1.71 bits per heavy atom. The SMILES string of the molecule is CCC(N)(CC)CNC(=O)c1ccc(C)c(NC(=O)c2ccccc2F)c1.Cl. The Morgan fingerprint density at radius 1 is 1.07 bits per heavy atom. The number of amides is 2. The van der Waals surface area contributed by atoms with Crippen molar-refractivity contribution in [3.8, 4) is 0 Å². The van der Waals surface area contributed by atoms with Crippen molar-refractivity contribution >= 4 is 29.9 Å². The van der Waals surface area contributed by atoms with Crippen LogP contribution in [0.15, 0.2) is 42.5 Å². The van der Waals surface area contributed by atoms with Gasteiger partial charge in [-0.15, -0.1) is 12.4 Å². The van der Waals surface area contributed by atoms with Crippen LogP contribution in [0.2, 0.25) is 0 Å². The Balaban J connectivity index is 0.00000392.